The number of carboxylic acid groups (broad SMARTS) is 2. The van der Waals surface area contributed by atoms with Crippen molar-refractivity contribution in [3.05, 3.63) is 0 Å². The number of nitrogens with zero attached hydrogens (tertiary/aromatic N) is 1. The number of hydroxylamine groups is 2. The maximum Gasteiger partial charge on any atom is 0.323 e. The summed E-state index contributed by atoms with van der Waals surface area (Å²) < 4.78 is 0. The molecule has 1 unspecified atom stereocenters. The molecule has 0 amide bonds. The van der Waals surface area contributed by atoms with Crippen LogP contribution in [0.3, 0.4) is 0 Å². The van der Waals surface area contributed by atoms with E-state index in [-0.39, 0.29) is 12.8 Å². The lowest BCUT2D eigenvalue weighted by atomic mass is 10.1. The highest BCUT2D eigenvalue weighted by Gasteiger charge is 2.21. The molecule has 0 fully saturated rings. The first-order chi connectivity index (χ1) is 5.45. The summed E-state index contributed by atoms with van der Waals surface area (Å²) in [7, 11) is 1.17. The van der Waals surface area contributed by atoms with Gasteiger partial charge in [0.25, 0.3) is 0 Å². The molecule has 0 aliphatic heterocycles. The number of rotatable bonds is 5. The highest BCUT2D eigenvalue weighted by molar-refractivity contribution is 5.74. The summed E-state index contributed by atoms with van der Waals surface area (Å²) in [6, 6.07) is -1.15. The molecule has 0 aliphatic rings. The Morgan fingerprint density at radius 3 is 2.17 bits per heavy atom. The third-order valence-electron chi connectivity index (χ3n) is 1.37. The van der Waals surface area contributed by atoms with Crippen molar-refractivity contribution >= 4 is 11.9 Å². The van der Waals surface area contributed by atoms with Crippen LogP contribution in [0.15, 0.2) is 0 Å². The van der Waals surface area contributed by atoms with Gasteiger partial charge < -0.3 is 15.4 Å². The summed E-state index contributed by atoms with van der Waals surface area (Å²) >= 11 is 0. The maximum absolute atomic E-state index is 10.4. The van der Waals surface area contributed by atoms with Gasteiger partial charge in [0.1, 0.15) is 6.04 Å². The van der Waals surface area contributed by atoms with Crippen molar-refractivity contribution in [3.63, 3.8) is 0 Å². The van der Waals surface area contributed by atoms with E-state index in [1.54, 1.807) is 0 Å². The highest BCUT2D eigenvalue weighted by Crippen LogP contribution is 2.02. The molecular weight excluding hydrogens is 166 g/mol. The monoisotopic (exact) mass is 177 g/mol. The molecule has 0 saturated carbocycles. The summed E-state index contributed by atoms with van der Waals surface area (Å²) in [6.07, 6.45) is -0.389. The smallest absolute Gasteiger partial charge is 0.323 e. The Hall–Kier alpha value is -1.14. The van der Waals surface area contributed by atoms with Crippen LogP contribution in [0.2, 0.25) is 0 Å². The lowest BCUT2D eigenvalue weighted by Gasteiger charge is -2.16. The maximum atomic E-state index is 10.4. The molecule has 70 valence electrons. The van der Waals surface area contributed by atoms with Gasteiger partial charge in [-0.2, -0.15) is 5.06 Å². The van der Waals surface area contributed by atoms with Crippen LogP contribution < -0.4 is 0 Å². The second-order valence-electron chi connectivity index (χ2n) is 2.36. The molecule has 0 rings (SSSR count). The molecule has 6 nitrogen and oxygen atoms in total. The van der Waals surface area contributed by atoms with Gasteiger partial charge in [0, 0.05) is 13.5 Å². The number of hydrogen-bond donors (Lipinski definition) is 3. The van der Waals surface area contributed by atoms with Crippen LogP contribution >= 0.6 is 0 Å². The molecule has 0 aromatic carbocycles. The standard InChI is InChI=1S/C6H11NO5/c1-7(12)4(6(10)11)2-3-5(8)9/h4,12H,2-3H2,1H3,(H,8,9)(H,10,11). The molecule has 0 bridgehead atoms. The van der Waals surface area contributed by atoms with Crippen molar-refractivity contribution in [1.82, 2.24) is 5.06 Å². The predicted molar refractivity (Wildman–Crippen MR) is 37.8 cm³/mol. The van der Waals surface area contributed by atoms with E-state index >= 15 is 0 Å². The van der Waals surface area contributed by atoms with Crippen molar-refractivity contribution in [2.45, 2.75) is 18.9 Å². The van der Waals surface area contributed by atoms with Crippen LogP contribution in [0.1, 0.15) is 12.8 Å². The summed E-state index contributed by atoms with van der Waals surface area (Å²) in [5.41, 5.74) is 0. The average molecular weight is 177 g/mol. The first-order valence-electron chi connectivity index (χ1n) is 3.31. The fraction of sp³-hybridized carbons (Fsp3) is 0.667. The van der Waals surface area contributed by atoms with Crippen molar-refractivity contribution < 1.29 is 25.0 Å². The Kier molecular flexibility index (Phi) is 4.24. The Bertz CT molecular complexity index is 179. The zero-order chi connectivity index (χ0) is 9.72. The molecule has 3 N–H and O–H groups in total. The molecule has 0 radical (unpaired) electrons. The quantitative estimate of drug-likeness (QED) is 0.495. The van der Waals surface area contributed by atoms with E-state index in [4.69, 9.17) is 15.4 Å². The SMILES string of the molecule is CN(O)C(CCC(=O)O)C(=O)O. The second kappa shape index (κ2) is 4.68. The largest absolute Gasteiger partial charge is 0.481 e. The van der Waals surface area contributed by atoms with Gasteiger partial charge in [-0.1, -0.05) is 0 Å². The van der Waals surface area contributed by atoms with Gasteiger partial charge in [-0.25, -0.2) is 0 Å². The van der Waals surface area contributed by atoms with Gasteiger partial charge in [0.2, 0.25) is 0 Å². The molecule has 0 aliphatic carbocycles. The topological polar surface area (TPSA) is 98.1 Å². The molecule has 0 heterocycles. The molecule has 0 spiro atoms. The minimum absolute atomic E-state index is 0.113. The van der Waals surface area contributed by atoms with E-state index in [2.05, 4.69) is 0 Å². The van der Waals surface area contributed by atoms with Gasteiger partial charge in [0.15, 0.2) is 0 Å². The van der Waals surface area contributed by atoms with E-state index in [1.165, 1.54) is 7.05 Å². The number of carbonyl (C=O) groups is 2. The number of aliphatic carboxylic acids is 2. The molecule has 12 heavy (non-hydrogen) atoms. The minimum atomic E-state index is -1.23. The Morgan fingerprint density at radius 2 is 1.92 bits per heavy atom. The summed E-state index contributed by atoms with van der Waals surface area (Å²) in [6.45, 7) is 0. The van der Waals surface area contributed by atoms with E-state index in [0.29, 0.717) is 5.06 Å². The average Bonchev–Trinajstić information content (AvgIpc) is 1.84. The lowest BCUT2D eigenvalue weighted by molar-refractivity contribution is -0.164. The van der Waals surface area contributed by atoms with Crippen LogP contribution in [-0.2, 0) is 9.59 Å². The van der Waals surface area contributed by atoms with Gasteiger partial charge in [-0.05, 0) is 6.42 Å². The van der Waals surface area contributed by atoms with E-state index in [0.717, 1.165) is 0 Å². The Labute approximate surface area is 69.0 Å². The number of likely N-dealkylation sites (N-methyl/N-ethyl adjacent to an activating group) is 1. The molecule has 6 heteroatoms. The molecule has 0 saturated heterocycles. The number of carboxylic acids is 2. The fourth-order valence-corrected chi connectivity index (χ4v) is 0.730. The summed E-state index contributed by atoms with van der Waals surface area (Å²) in [4.78, 5) is 20.4. The van der Waals surface area contributed by atoms with Gasteiger partial charge >= 0.3 is 11.9 Å². The van der Waals surface area contributed by atoms with Crippen molar-refractivity contribution in [2.24, 2.45) is 0 Å². The van der Waals surface area contributed by atoms with E-state index < -0.39 is 18.0 Å². The first-order valence-corrected chi connectivity index (χ1v) is 3.31. The first kappa shape index (κ1) is 10.9. The molecule has 0 aromatic heterocycles. The van der Waals surface area contributed by atoms with Crippen molar-refractivity contribution in [3.8, 4) is 0 Å². The fourth-order valence-electron chi connectivity index (χ4n) is 0.730. The van der Waals surface area contributed by atoms with Crippen LogP contribution in [0.25, 0.3) is 0 Å². The third-order valence-corrected chi connectivity index (χ3v) is 1.37. The van der Waals surface area contributed by atoms with Crippen LogP contribution in [-0.4, -0.2) is 45.5 Å². The van der Waals surface area contributed by atoms with Crippen molar-refractivity contribution in [1.29, 1.82) is 0 Å². The normalized spacial score (nSPS) is 12.9. The molecule has 0 aromatic rings. The minimum Gasteiger partial charge on any atom is -0.481 e. The third kappa shape index (κ3) is 3.89. The Morgan fingerprint density at radius 1 is 1.42 bits per heavy atom. The Balaban J connectivity index is 3.97. The molecular formula is C6H11NO5. The van der Waals surface area contributed by atoms with Gasteiger partial charge in [-0.3, -0.25) is 9.59 Å². The van der Waals surface area contributed by atoms with E-state index in [1.807, 2.05) is 0 Å². The zero-order valence-corrected chi connectivity index (χ0v) is 6.60. The summed E-state index contributed by atoms with van der Waals surface area (Å²) in [5.74, 6) is -2.32. The summed E-state index contributed by atoms with van der Waals surface area (Å²) in [5, 5.41) is 25.9. The van der Waals surface area contributed by atoms with E-state index in [9.17, 15) is 9.59 Å². The van der Waals surface area contributed by atoms with Crippen molar-refractivity contribution in [2.75, 3.05) is 7.05 Å². The van der Waals surface area contributed by atoms with Crippen LogP contribution in [0, 0.1) is 0 Å². The van der Waals surface area contributed by atoms with Crippen LogP contribution in [0.5, 0.6) is 0 Å². The predicted octanol–water partition coefficient (Wildman–Crippen LogP) is -0.375. The highest BCUT2D eigenvalue weighted by atomic mass is 16.5. The second-order valence-corrected chi connectivity index (χ2v) is 2.36. The lowest BCUT2D eigenvalue weighted by Crippen LogP contribution is -2.36. The number of hydrogen-bond acceptors (Lipinski definition) is 4. The van der Waals surface area contributed by atoms with Gasteiger partial charge in [0.05, 0.1) is 0 Å². The molecule has 1 atom stereocenters. The zero-order valence-electron chi connectivity index (χ0n) is 6.60. The van der Waals surface area contributed by atoms with Gasteiger partial charge in [-0.15, -0.1) is 0 Å². The van der Waals surface area contributed by atoms with Crippen LogP contribution in [0.4, 0.5) is 0 Å².